The van der Waals surface area contributed by atoms with Crippen molar-refractivity contribution in [1.29, 1.82) is 0 Å². The Kier molecular flexibility index (Phi) is 8.29. The average Bonchev–Trinajstić information content (AvgIpc) is 3.25. The molecule has 4 heterocycles. The second-order valence-electron chi connectivity index (χ2n) is 9.61. The summed E-state index contributed by atoms with van der Waals surface area (Å²) < 4.78 is 5.41. The van der Waals surface area contributed by atoms with Gasteiger partial charge in [-0.15, -0.1) is 0 Å². The Morgan fingerprint density at radius 3 is 2.41 bits per heavy atom. The second kappa shape index (κ2) is 11.6. The van der Waals surface area contributed by atoms with Crippen molar-refractivity contribution in [2.24, 2.45) is 10.2 Å². The third-order valence-electron chi connectivity index (χ3n) is 7.29. The molecule has 2 aromatic rings. The average molecular weight is 464 g/mol. The van der Waals surface area contributed by atoms with Crippen LogP contribution in [0.3, 0.4) is 0 Å². The molecule has 0 saturated carbocycles. The molecule has 0 amide bonds. The molecule has 1 aromatic heterocycles. The van der Waals surface area contributed by atoms with Gasteiger partial charge in [0.1, 0.15) is 5.69 Å². The molecule has 2 bridgehead atoms. The van der Waals surface area contributed by atoms with Crippen LogP contribution < -0.4 is 9.47 Å². The van der Waals surface area contributed by atoms with Crippen LogP contribution in [0.4, 0.5) is 17.3 Å². The summed E-state index contributed by atoms with van der Waals surface area (Å²) in [5, 5.41) is 9.06. The predicted molar refractivity (Wildman–Crippen MR) is 139 cm³/mol. The van der Waals surface area contributed by atoms with E-state index in [0.29, 0.717) is 13.1 Å². The van der Waals surface area contributed by atoms with Crippen molar-refractivity contribution in [2.75, 3.05) is 63.8 Å². The predicted octanol–water partition coefficient (Wildman–Crippen LogP) is 4.32. The highest BCUT2D eigenvalue weighted by Gasteiger charge is 2.37. The summed E-state index contributed by atoms with van der Waals surface area (Å²) in [5.74, 6) is 0.794. The Morgan fingerprint density at radius 2 is 1.76 bits per heavy atom. The summed E-state index contributed by atoms with van der Waals surface area (Å²) in [6.07, 6.45) is 10.1. The molecule has 182 valence electrons. The molecule has 34 heavy (non-hydrogen) atoms. The van der Waals surface area contributed by atoms with Gasteiger partial charge in [-0.25, -0.2) is 9.13 Å². The molecule has 0 aliphatic carbocycles. The zero-order valence-corrected chi connectivity index (χ0v) is 20.9. The number of aromatic nitrogens is 2. The summed E-state index contributed by atoms with van der Waals surface area (Å²) >= 11 is 0. The molecule has 0 spiro atoms. The van der Waals surface area contributed by atoms with E-state index in [1.165, 1.54) is 62.4 Å². The first-order chi connectivity index (χ1) is 16.7. The molecular weight excluding hydrogens is 422 g/mol. The van der Waals surface area contributed by atoms with Gasteiger partial charge in [0.2, 0.25) is 0 Å². The first-order valence-electron chi connectivity index (χ1n) is 12.8. The maximum Gasteiger partial charge on any atom is 0.422 e. The van der Waals surface area contributed by atoms with Crippen molar-refractivity contribution < 1.29 is 9.05 Å². The summed E-state index contributed by atoms with van der Waals surface area (Å²) in [6.45, 7) is 22.8. The van der Waals surface area contributed by atoms with Crippen molar-refractivity contribution in [3.8, 4) is 0 Å². The van der Waals surface area contributed by atoms with Crippen LogP contribution >= 0.6 is 0 Å². The van der Waals surface area contributed by atoms with E-state index in [4.69, 9.17) is 0 Å². The van der Waals surface area contributed by atoms with Gasteiger partial charge in [-0.3, -0.25) is 4.90 Å². The largest absolute Gasteiger partial charge is 0.422 e. The minimum absolute atomic E-state index is 0.696. The van der Waals surface area contributed by atoms with Crippen molar-refractivity contribution in [3.05, 3.63) is 62.0 Å². The van der Waals surface area contributed by atoms with Crippen molar-refractivity contribution >= 4 is 17.3 Å². The molecule has 0 radical (unpaired) electrons. The summed E-state index contributed by atoms with van der Waals surface area (Å²) in [5.41, 5.74) is 2.14. The molecule has 3 saturated heterocycles. The highest BCUT2D eigenvalue weighted by Crippen LogP contribution is 2.24. The van der Waals surface area contributed by atoms with E-state index in [-0.39, 0.29) is 0 Å². The second-order valence-corrected chi connectivity index (χ2v) is 9.61. The molecule has 0 N–H and O–H groups in total. The number of fused-ring (bicyclic) bond motifs is 3. The van der Waals surface area contributed by atoms with Crippen LogP contribution in [0, 0.1) is 0 Å². The zero-order chi connectivity index (χ0) is 23.8. The number of hydrogen-bond acceptors (Lipinski definition) is 4. The van der Waals surface area contributed by atoms with E-state index >= 15 is 0 Å². The van der Waals surface area contributed by atoms with Crippen molar-refractivity contribution in [1.82, 2.24) is 9.47 Å². The first-order valence-corrected chi connectivity index (χ1v) is 12.8. The van der Waals surface area contributed by atoms with Gasteiger partial charge in [0.05, 0.1) is 51.7 Å². The van der Waals surface area contributed by atoms with E-state index < -0.39 is 0 Å². The van der Waals surface area contributed by atoms with Crippen LogP contribution in [0.15, 0.2) is 72.2 Å². The fraction of sp³-hybridized carbons (Fsp3) is 0.519. The number of rotatable bonds is 13. The number of benzene rings is 1. The van der Waals surface area contributed by atoms with E-state index in [1.54, 1.807) is 0 Å². The van der Waals surface area contributed by atoms with Gasteiger partial charge in [-0.1, -0.05) is 37.3 Å². The summed E-state index contributed by atoms with van der Waals surface area (Å²) in [7, 11) is 0. The lowest BCUT2D eigenvalue weighted by Crippen LogP contribution is -2.67. The molecule has 7 nitrogen and oxygen atoms in total. The number of piperazine rings is 3. The highest BCUT2D eigenvalue weighted by molar-refractivity contribution is 5.52. The third kappa shape index (κ3) is 5.83. The topological polar surface area (TPSA) is 40.0 Å². The minimum atomic E-state index is 0.696. The van der Waals surface area contributed by atoms with E-state index in [0.717, 1.165) is 31.1 Å². The fourth-order valence-corrected chi connectivity index (χ4v) is 5.27. The molecule has 0 unspecified atom stereocenters. The van der Waals surface area contributed by atoms with E-state index in [1.807, 2.05) is 33.7 Å². The number of quaternary nitrogens is 1. The number of azo groups is 1. The maximum absolute atomic E-state index is 4.54. The lowest BCUT2D eigenvalue weighted by Gasteiger charge is -2.50. The molecular formula is C27H41N7+2. The Balaban J connectivity index is 1.38. The van der Waals surface area contributed by atoms with E-state index in [9.17, 15) is 0 Å². The standard InChI is InChI=1S/C27H41N7/c1-4-12-31(15-7-21-34-22-18-30(19-23-34)20-24-34)26-10-8-25(9-11-26)28-29-27-32(13-5-2)16-17-33(27)14-6-3/h5-6,8-11,16-17H,2-4,7,12-15,18-24H2,1H3/q+2. The first kappa shape index (κ1) is 24.4. The number of imidazole rings is 1. The fourth-order valence-electron chi connectivity index (χ4n) is 5.27. The maximum atomic E-state index is 4.54. The molecule has 3 aliphatic heterocycles. The molecule has 0 atom stereocenters. The monoisotopic (exact) mass is 463 g/mol. The Morgan fingerprint density at radius 1 is 1.03 bits per heavy atom. The number of allylic oxidation sites excluding steroid dienone is 2. The third-order valence-corrected chi connectivity index (χ3v) is 7.29. The van der Waals surface area contributed by atoms with Crippen LogP contribution in [0.25, 0.3) is 0 Å². The van der Waals surface area contributed by atoms with Gasteiger partial charge in [0, 0.05) is 49.9 Å². The quantitative estimate of drug-likeness (QED) is 0.192. The van der Waals surface area contributed by atoms with Crippen LogP contribution in [0.1, 0.15) is 19.8 Å². The van der Waals surface area contributed by atoms with Crippen LogP contribution in [-0.2, 0) is 13.1 Å². The van der Waals surface area contributed by atoms with E-state index in [2.05, 4.69) is 64.4 Å². The minimum Gasteiger partial charge on any atom is -0.371 e. The number of anilines is 1. The van der Waals surface area contributed by atoms with Crippen LogP contribution in [0.5, 0.6) is 0 Å². The lowest BCUT2D eigenvalue weighted by molar-refractivity contribution is -0.941. The molecule has 7 heteroatoms. The van der Waals surface area contributed by atoms with Gasteiger partial charge in [0.15, 0.2) is 0 Å². The van der Waals surface area contributed by atoms with Gasteiger partial charge in [0.25, 0.3) is 0 Å². The number of hydrogen-bond donors (Lipinski definition) is 0. The lowest BCUT2D eigenvalue weighted by atomic mass is 10.1. The molecule has 3 aliphatic rings. The smallest absolute Gasteiger partial charge is 0.371 e. The molecule has 3 fully saturated rings. The summed E-state index contributed by atoms with van der Waals surface area (Å²) in [4.78, 5) is 5.16. The van der Waals surface area contributed by atoms with Crippen molar-refractivity contribution in [2.45, 2.75) is 32.9 Å². The van der Waals surface area contributed by atoms with Crippen LogP contribution in [-0.4, -0.2) is 72.9 Å². The van der Waals surface area contributed by atoms with Gasteiger partial charge >= 0.3 is 5.95 Å². The Labute approximate surface area is 204 Å². The van der Waals surface area contributed by atoms with Crippen molar-refractivity contribution in [3.63, 3.8) is 0 Å². The van der Waals surface area contributed by atoms with Gasteiger partial charge in [-0.05, 0) is 30.7 Å². The number of nitrogens with zero attached hydrogens (tertiary/aromatic N) is 7. The van der Waals surface area contributed by atoms with Gasteiger partial charge in [-0.2, -0.15) is 0 Å². The summed E-state index contributed by atoms with van der Waals surface area (Å²) in [6, 6.07) is 8.53. The normalized spacial score (nSPS) is 21.7. The molecule has 5 rings (SSSR count). The Bertz CT molecular complexity index is 926. The highest BCUT2D eigenvalue weighted by atomic mass is 15.5. The molecule has 1 aromatic carbocycles. The van der Waals surface area contributed by atoms with Gasteiger partial charge < -0.3 is 9.38 Å². The zero-order valence-electron chi connectivity index (χ0n) is 20.9. The van der Waals surface area contributed by atoms with Crippen LogP contribution in [0.2, 0.25) is 0 Å². The SMILES string of the molecule is C=CCn1cc[n+](CC=C)c1/N=N/c1ccc(N(CCC)CCC[N+]23CCN(CC2)CC3)cc1. The Hall–Kier alpha value is -2.77.